The lowest BCUT2D eigenvalue weighted by molar-refractivity contribution is 0.478. The second-order valence-corrected chi connectivity index (χ2v) is 6.33. The SMILES string of the molecule is NC(c1c(F)ccc(Br)c1F)C1C2CCCCC21. The maximum atomic E-state index is 14.0. The first-order chi connectivity index (χ1) is 8.61. The molecule has 2 aliphatic rings. The van der Waals surface area contributed by atoms with Gasteiger partial charge in [0.2, 0.25) is 0 Å². The van der Waals surface area contributed by atoms with Gasteiger partial charge in [0.15, 0.2) is 0 Å². The molecule has 1 nitrogen and oxygen atoms in total. The highest BCUT2D eigenvalue weighted by Crippen LogP contribution is 2.60. The van der Waals surface area contributed by atoms with E-state index in [1.54, 1.807) is 0 Å². The van der Waals surface area contributed by atoms with Gasteiger partial charge < -0.3 is 5.73 Å². The molecule has 0 amide bonds. The van der Waals surface area contributed by atoms with Gasteiger partial charge in [0.1, 0.15) is 11.6 Å². The van der Waals surface area contributed by atoms with Crippen LogP contribution in [0.4, 0.5) is 8.78 Å². The fraction of sp³-hybridized carbons (Fsp3) is 0.571. The second kappa shape index (κ2) is 4.57. The lowest BCUT2D eigenvalue weighted by Gasteiger charge is -2.15. The normalized spacial score (nSPS) is 31.9. The molecule has 4 heteroatoms. The summed E-state index contributed by atoms with van der Waals surface area (Å²) in [7, 11) is 0. The number of halogens is 3. The van der Waals surface area contributed by atoms with Gasteiger partial charge in [-0.1, -0.05) is 12.8 Å². The second-order valence-electron chi connectivity index (χ2n) is 5.47. The fourth-order valence-corrected chi connectivity index (χ4v) is 3.97. The van der Waals surface area contributed by atoms with Crippen LogP contribution >= 0.6 is 15.9 Å². The Balaban J connectivity index is 1.89. The number of rotatable bonds is 2. The van der Waals surface area contributed by atoms with E-state index in [0.29, 0.717) is 11.8 Å². The molecule has 2 aliphatic carbocycles. The van der Waals surface area contributed by atoms with Crippen LogP contribution in [0.1, 0.15) is 37.3 Å². The van der Waals surface area contributed by atoms with E-state index in [1.807, 2.05) is 0 Å². The Morgan fingerprint density at radius 2 is 1.78 bits per heavy atom. The van der Waals surface area contributed by atoms with Crippen molar-refractivity contribution in [2.45, 2.75) is 31.7 Å². The van der Waals surface area contributed by atoms with Crippen molar-refractivity contribution < 1.29 is 8.78 Å². The summed E-state index contributed by atoms with van der Waals surface area (Å²) >= 11 is 3.10. The Kier molecular flexibility index (Phi) is 3.18. The zero-order valence-corrected chi connectivity index (χ0v) is 11.6. The van der Waals surface area contributed by atoms with Gasteiger partial charge in [-0.25, -0.2) is 8.78 Å². The Morgan fingerprint density at radius 1 is 1.17 bits per heavy atom. The van der Waals surface area contributed by atoms with Crippen LogP contribution < -0.4 is 5.73 Å². The number of hydrogen-bond donors (Lipinski definition) is 1. The average Bonchev–Trinajstić information content (AvgIpc) is 3.08. The van der Waals surface area contributed by atoms with Gasteiger partial charge in [0, 0.05) is 11.6 Å². The highest BCUT2D eigenvalue weighted by atomic mass is 79.9. The summed E-state index contributed by atoms with van der Waals surface area (Å²) in [5.74, 6) is 0.391. The maximum absolute atomic E-state index is 14.0. The molecular weight excluding hydrogens is 300 g/mol. The summed E-state index contributed by atoms with van der Waals surface area (Å²) in [6, 6.07) is 2.17. The quantitative estimate of drug-likeness (QED) is 0.815. The molecule has 0 heterocycles. The molecule has 0 aliphatic heterocycles. The first-order valence-corrected chi connectivity index (χ1v) is 7.29. The molecule has 0 saturated heterocycles. The Bertz CT molecular complexity index is 465. The van der Waals surface area contributed by atoms with Crippen molar-refractivity contribution in [1.82, 2.24) is 0 Å². The maximum Gasteiger partial charge on any atom is 0.145 e. The summed E-state index contributed by atoms with van der Waals surface area (Å²) in [5, 5.41) is 0. The van der Waals surface area contributed by atoms with Crippen molar-refractivity contribution in [3.8, 4) is 0 Å². The van der Waals surface area contributed by atoms with E-state index < -0.39 is 17.7 Å². The van der Waals surface area contributed by atoms with Crippen molar-refractivity contribution >= 4 is 15.9 Å². The number of benzene rings is 1. The largest absolute Gasteiger partial charge is 0.324 e. The van der Waals surface area contributed by atoms with Crippen LogP contribution in [0.25, 0.3) is 0 Å². The lowest BCUT2D eigenvalue weighted by Crippen LogP contribution is -2.18. The van der Waals surface area contributed by atoms with E-state index in [-0.39, 0.29) is 16.0 Å². The molecule has 1 aromatic rings. The predicted molar refractivity (Wildman–Crippen MR) is 69.9 cm³/mol. The summed E-state index contributed by atoms with van der Waals surface area (Å²) < 4.78 is 28.1. The van der Waals surface area contributed by atoms with Gasteiger partial charge >= 0.3 is 0 Å². The number of fused-ring (bicyclic) bond motifs is 1. The predicted octanol–water partition coefficient (Wildman–Crippen LogP) is 4.16. The molecule has 1 aromatic carbocycles. The topological polar surface area (TPSA) is 26.0 Å². The van der Waals surface area contributed by atoms with Crippen molar-refractivity contribution in [2.75, 3.05) is 0 Å². The van der Waals surface area contributed by atoms with Crippen LogP contribution in [0, 0.1) is 29.4 Å². The average molecular weight is 316 g/mol. The number of nitrogens with two attached hydrogens (primary N) is 1. The standard InChI is InChI=1S/C14H16BrF2N/c15-9-5-6-10(16)12(13(9)17)14(18)11-7-3-1-2-4-8(7)11/h5-8,11,14H,1-4,18H2. The molecule has 18 heavy (non-hydrogen) atoms. The van der Waals surface area contributed by atoms with E-state index >= 15 is 0 Å². The zero-order valence-electron chi connectivity index (χ0n) is 10.0. The smallest absolute Gasteiger partial charge is 0.145 e. The third-order valence-electron chi connectivity index (χ3n) is 4.55. The van der Waals surface area contributed by atoms with Gasteiger partial charge in [-0.05, 0) is 58.7 Å². The van der Waals surface area contributed by atoms with Gasteiger partial charge in [-0.15, -0.1) is 0 Å². The summed E-state index contributed by atoms with van der Waals surface area (Å²) in [6.45, 7) is 0. The van der Waals surface area contributed by atoms with Crippen LogP contribution in [0.3, 0.4) is 0 Å². The number of hydrogen-bond acceptors (Lipinski definition) is 1. The minimum atomic E-state index is -0.536. The zero-order chi connectivity index (χ0) is 12.9. The highest BCUT2D eigenvalue weighted by molar-refractivity contribution is 9.10. The monoisotopic (exact) mass is 315 g/mol. The van der Waals surface area contributed by atoms with Crippen molar-refractivity contribution in [3.05, 3.63) is 33.8 Å². The molecule has 2 fully saturated rings. The van der Waals surface area contributed by atoms with Crippen LogP contribution in [-0.2, 0) is 0 Å². The Labute approximate surface area is 114 Å². The van der Waals surface area contributed by atoms with Gasteiger partial charge in [0.25, 0.3) is 0 Å². The van der Waals surface area contributed by atoms with E-state index in [9.17, 15) is 8.78 Å². The molecule has 3 atom stereocenters. The van der Waals surface area contributed by atoms with Crippen LogP contribution in [-0.4, -0.2) is 0 Å². The van der Waals surface area contributed by atoms with E-state index in [2.05, 4.69) is 15.9 Å². The Hall–Kier alpha value is -0.480. The minimum absolute atomic E-state index is 0.0591. The Morgan fingerprint density at radius 3 is 2.39 bits per heavy atom. The van der Waals surface area contributed by atoms with E-state index in [4.69, 9.17) is 5.73 Å². The van der Waals surface area contributed by atoms with Crippen LogP contribution in [0.15, 0.2) is 16.6 Å². The third kappa shape index (κ3) is 1.90. The molecular formula is C14H16BrF2N. The summed E-state index contributed by atoms with van der Waals surface area (Å²) in [5.41, 5.74) is 6.19. The first-order valence-electron chi connectivity index (χ1n) is 6.50. The van der Waals surface area contributed by atoms with E-state index in [0.717, 1.165) is 0 Å². The van der Waals surface area contributed by atoms with Crippen molar-refractivity contribution in [2.24, 2.45) is 23.5 Å². The van der Waals surface area contributed by atoms with Crippen molar-refractivity contribution in [3.63, 3.8) is 0 Å². The van der Waals surface area contributed by atoms with Gasteiger partial charge in [-0.3, -0.25) is 0 Å². The molecule has 0 bridgehead atoms. The van der Waals surface area contributed by atoms with Crippen LogP contribution in [0.2, 0.25) is 0 Å². The summed E-state index contributed by atoms with van der Waals surface area (Å²) in [4.78, 5) is 0. The molecule has 2 N–H and O–H groups in total. The lowest BCUT2D eigenvalue weighted by atomic mass is 9.99. The molecule has 3 rings (SSSR count). The first kappa shape index (κ1) is 12.5. The molecule has 0 radical (unpaired) electrons. The third-order valence-corrected chi connectivity index (χ3v) is 5.16. The molecule has 2 saturated carbocycles. The van der Waals surface area contributed by atoms with Gasteiger partial charge in [0.05, 0.1) is 4.47 Å². The minimum Gasteiger partial charge on any atom is -0.324 e. The van der Waals surface area contributed by atoms with Crippen LogP contribution in [0.5, 0.6) is 0 Å². The van der Waals surface area contributed by atoms with E-state index in [1.165, 1.54) is 37.8 Å². The molecule has 98 valence electrons. The van der Waals surface area contributed by atoms with Gasteiger partial charge in [-0.2, -0.15) is 0 Å². The molecule has 0 aromatic heterocycles. The highest BCUT2D eigenvalue weighted by Gasteiger charge is 2.54. The molecule has 0 spiro atoms. The van der Waals surface area contributed by atoms with Crippen molar-refractivity contribution in [1.29, 1.82) is 0 Å². The fourth-order valence-electron chi connectivity index (χ4n) is 3.62. The summed E-state index contributed by atoms with van der Waals surface area (Å²) in [6.07, 6.45) is 4.79. The molecule has 3 unspecified atom stereocenters.